The molecular formula is C10H16O2. The maximum atomic E-state index is 11.4. The van der Waals surface area contributed by atoms with Crippen LogP contribution in [0.15, 0.2) is 0 Å². The molecule has 0 aromatic carbocycles. The third-order valence-corrected chi connectivity index (χ3v) is 2.91. The lowest BCUT2D eigenvalue weighted by atomic mass is 9.67. The highest BCUT2D eigenvalue weighted by Crippen LogP contribution is 2.39. The molecule has 0 bridgehead atoms. The molecule has 0 aromatic heterocycles. The number of hydrogen-bond acceptors (Lipinski definition) is 2. The molecule has 0 aromatic rings. The van der Waals surface area contributed by atoms with E-state index in [1.165, 1.54) is 0 Å². The van der Waals surface area contributed by atoms with Crippen molar-refractivity contribution in [2.45, 2.75) is 39.5 Å². The molecule has 1 unspecified atom stereocenters. The van der Waals surface area contributed by atoms with Gasteiger partial charge in [0.15, 0.2) is 0 Å². The van der Waals surface area contributed by atoms with Gasteiger partial charge in [-0.3, -0.25) is 4.79 Å². The zero-order chi connectivity index (χ0) is 9.19. The van der Waals surface area contributed by atoms with Crippen LogP contribution in [0.5, 0.6) is 0 Å². The summed E-state index contributed by atoms with van der Waals surface area (Å²) in [6, 6.07) is 0. The molecule has 0 spiro atoms. The summed E-state index contributed by atoms with van der Waals surface area (Å²) < 4.78 is 0. The van der Waals surface area contributed by atoms with E-state index in [2.05, 4.69) is 13.8 Å². The van der Waals surface area contributed by atoms with Crippen LogP contribution in [-0.4, -0.2) is 12.1 Å². The Hall–Kier alpha value is -0.660. The van der Waals surface area contributed by atoms with Gasteiger partial charge in [-0.2, -0.15) is 0 Å². The number of Topliss-reactive ketones (excluding diaryl/α,β-unsaturated/α-hetero) is 1. The van der Waals surface area contributed by atoms with E-state index in [1.807, 2.05) is 0 Å². The van der Waals surface area contributed by atoms with Gasteiger partial charge in [0.1, 0.15) is 12.1 Å². The van der Waals surface area contributed by atoms with Crippen molar-refractivity contribution < 1.29 is 9.59 Å². The number of carbonyl (C=O) groups excluding carboxylic acids is 2. The van der Waals surface area contributed by atoms with Crippen molar-refractivity contribution in [3.8, 4) is 0 Å². The highest BCUT2D eigenvalue weighted by Gasteiger charge is 2.37. The van der Waals surface area contributed by atoms with E-state index >= 15 is 0 Å². The van der Waals surface area contributed by atoms with Crippen molar-refractivity contribution in [1.82, 2.24) is 0 Å². The highest BCUT2D eigenvalue weighted by atomic mass is 16.1. The summed E-state index contributed by atoms with van der Waals surface area (Å²) in [6.07, 6.45) is 4.00. The van der Waals surface area contributed by atoms with E-state index in [-0.39, 0.29) is 17.1 Å². The van der Waals surface area contributed by atoms with Crippen molar-refractivity contribution in [1.29, 1.82) is 0 Å². The normalized spacial score (nSPS) is 28.5. The van der Waals surface area contributed by atoms with E-state index in [4.69, 9.17) is 0 Å². The number of aldehydes is 1. The van der Waals surface area contributed by atoms with Crippen molar-refractivity contribution in [2.75, 3.05) is 0 Å². The minimum Gasteiger partial charge on any atom is -0.303 e. The van der Waals surface area contributed by atoms with Crippen LogP contribution in [0.4, 0.5) is 0 Å². The van der Waals surface area contributed by atoms with Gasteiger partial charge in [-0.15, -0.1) is 0 Å². The van der Waals surface area contributed by atoms with Crippen molar-refractivity contribution in [3.05, 3.63) is 0 Å². The SMILES string of the molecule is CC1(C)CCCC(=O)C1CC=O. The lowest BCUT2D eigenvalue weighted by Crippen LogP contribution is -2.35. The summed E-state index contributed by atoms with van der Waals surface area (Å²) in [5, 5.41) is 0. The van der Waals surface area contributed by atoms with Gasteiger partial charge in [0.25, 0.3) is 0 Å². The number of carbonyl (C=O) groups is 2. The Morgan fingerprint density at radius 1 is 1.58 bits per heavy atom. The molecule has 1 fully saturated rings. The topological polar surface area (TPSA) is 34.1 Å². The molecule has 1 saturated carbocycles. The molecule has 12 heavy (non-hydrogen) atoms. The molecule has 1 rings (SSSR count). The van der Waals surface area contributed by atoms with E-state index in [0.29, 0.717) is 12.8 Å². The maximum Gasteiger partial charge on any atom is 0.136 e. The predicted octanol–water partition coefficient (Wildman–Crippen LogP) is 1.97. The van der Waals surface area contributed by atoms with Gasteiger partial charge in [-0.05, 0) is 18.3 Å². The molecule has 1 aliphatic carbocycles. The van der Waals surface area contributed by atoms with E-state index in [0.717, 1.165) is 19.1 Å². The third kappa shape index (κ3) is 1.74. The monoisotopic (exact) mass is 168 g/mol. The fourth-order valence-electron chi connectivity index (χ4n) is 2.05. The largest absolute Gasteiger partial charge is 0.303 e. The van der Waals surface area contributed by atoms with Crippen LogP contribution in [-0.2, 0) is 9.59 Å². The first-order valence-electron chi connectivity index (χ1n) is 4.54. The second kappa shape index (κ2) is 3.38. The minimum atomic E-state index is -0.0243. The molecule has 0 radical (unpaired) electrons. The van der Waals surface area contributed by atoms with Gasteiger partial charge in [-0.1, -0.05) is 13.8 Å². The quantitative estimate of drug-likeness (QED) is 0.591. The zero-order valence-corrected chi connectivity index (χ0v) is 7.80. The molecule has 0 amide bonds. The molecule has 2 nitrogen and oxygen atoms in total. The van der Waals surface area contributed by atoms with Crippen LogP contribution < -0.4 is 0 Å². The molecular weight excluding hydrogens is 152 g/mol. The van der Waals surface area contributed by atoms with E-state index < -0.39 is 0 Å². The first-order chi connectivity index (χ1) is 5.58. The predicted molar refractivity (Wildman–Crippen MR) is 46.8 cm³/mol. The minimum absolute atomic E-state index is 0.0243. The van der Waals surface area contributed by atoms with Crippen LogP contribution >= 0.6 is 0 Å². The Morgan fingerprint density at radius 2 is 2.25 bits per heavy atom. The average Bonchev–Trinajstić information content (AvgIpc) is 1.97. The van der Waals surface area contributed by atoms with Crippen molar-refractivity contribution in [3.63, 3.8) is 0 Å². The molecule has 1 atom stereocenters. The van der Waals surface area contributed by atoms with Gasteiger partial charge in [0.2, 0.25) is 0 Å². The van der Waals surface area contributed by atoms with Gasteiger partial charge >= 0.3 is 0 Å². The molecule has 2 heteroatoms. The van der Waals surface area contributed by atoms with Crippen LogP contribution in [0.25, 0.3) is 0 Å². The Morgan fingerprint density at radius 3 is 2.75 bits per heavy atom. The fraction of sp³-hybridized carbons (Fsp3) is 0.800. The lowest BCUT2D eigenvalue weighted by molar-refractivity contribution is -0.131. The summed E-state index contributed by atoms with van der Waals surface area (Å²) in [6.45, 7) is 4.16. The number of ketones is 1. The Labute approximate surface area is 73.3 Å². The molecule has 0 saturated heterocycles. The molecule has 0 N–H and O–H groups in total. The van der Waals surface area contributed by atoms with Crippen LogP contribution in [0, 0.1) is 11.3 Å². The first kappa shape index (κ1) is 9.43. The van der Waals surface area contributed by atoms with Gasteiger partial charge < -0.3 is 4.79 Å². The average molecular weight is 168 g/mol. The van der Waals surface area contributed by atoms with Crippen molar-refractivity contribution in [2.24, 2.45) is 11.3 Å². The third-order valence-electron chi connectivity index (χ3n) is 2.91. The van der Waals surface area contributed by atoms with E-state index in [9.17, 15) is 9.59 Å². The summed E-state index contributed by atoms with van der Waals surface area (Å²) in [7, 11) is 0. The van der Waals surface area contributed by atoms with E-state index in [1.54, 1.807) is 0 Å². The van der Waals surface area contributed by atoms with Gasteiger partial charge in [-0.25, -0.2) is 0 Å². The highest BCUT2D eigenvalue weighted by molar-refractivity contribution is 5.84. The Balaban J connectivity index is 2.73. The Bertz CT molecular complexity index is 194. The summed E-state index contributed by atoms with van der Waals surface area (Å²) in [4.78, 5) is 21.8. The second-order valence-corrected chi connectivity index (χ2v) is 4.26. The van der Waals surface area contributed by atoms with Gasteiger partial charge in [0, 0.05) is 18.8 Å². The zero-order valence-electron chi connectivity index (χ0n) is 7.80. The summed E-state index contributed by atoms with van der Waals surface area (Å²) in [5.74, 6) is 0.252. The molecule has 0 heterocycles. The van der Waals surface area contributed by atoms with Crippen LogP contribution in [0.1, 0.15) is 39.5 Å². The smallest absolute Gasteiger partial charge is 0.136 e. The molecule has 68 valence electrons. The van der Waals surface area contributed by atoms with Crippen LogP contribution in [0.2, 0.25) is 0 Å². The Kier molecular flexibility index (Phi) is 2.65. The van der Waals surface area contributed by atoms with Gasteiger partial charge in [0.05, 0.1) is 0 Å². The number of rotatable bonds is 2. The second-order valence-electron chi connectivity index (χ2n) is 4.26. The van der Waals surface area contributed by atoms with Crippen molar-refractivity contribution >= 4 is 12.1 Å². The molecule has 0 aliphatic heterocycles. The lowest BCUT2D eigenvalue weighted by Gasteiger charge is -2.36. The number of hydrogen-bond donors (Lipinski definition) is 0. The summed E-state index contributed by atoms with van der Waals surface area (Å²) in [5.41, 5.74) is 0.0379. The van der Waals surface area contributed by atoms with Crippen LogP contribution in [0.3, 0.4) is 0 Å². The maximum absolute atomic E-state index is 11.4. The molecule has 1 aliphatic rings. The first-order valence-corrected chi connectivity index (χ1v) is 4.54. The fourth-order valence-corrected chi connectivity index (χ4v) is 2.05. The summed E-state index contributed by atoms with van der Waals surface area (Å²) >= 11 is 0. The standard InChI is InChI=1S/C10H16O2/c1-10(2)6-3-4-9(12)8(10)5-7-11/h7-8H,3-6H2,1-2H3.